The van der Waals surface area contributed by atoms with E-state index in [1.165, 1.54) is 0 Å². The number of benzene rings is 1. The molecule has 2 aromatic rings. The molecule has 127 valence electrons. The van der Waals surface area contributed by atoms with Crippen molar-refractivity contribution in [3.63, 3.8) is 0 Å². The van der Waals surface area contributed by atoms with Crippen LogP contribution < -0.4 is 20.1 Å². The molecule has 2 heterocycles. The molecule has 8 heteroatoms. The minimum atomic E-state index is -0.548. The van der Waals surface area contributed by atoms with Crippen LogP contribution in [0.25, 0.3) is 10.9 Å². The fourth-order valence-electron chi connectivity index (χ4n) is 2.66. The van der Waals surface area contributed by atoms with Crippen LogP contribution in [-0.4, -0.2) is 65.9 Å². The van der Waals surface area contributed by atoms with E-state index in [2.05, 4.69) is 30.8 Å². The molecule has 1 fully saturated rings. The molecule has 3 rings (SSSR count). The van der Waals surface area contributed by atoms with Gasteiger partial charge in [0.05, 0.1) is 34.7 Å². The number of ether oxygens (including phenoxy) is 3. The van der Waals surface area contributed by atoms with E-state index < -0.39 is 5.22 Å². The summed E-state index contributed by atoms with van der Waals surface area (Å²) in [5, 5.41) is 6.71. The minimum absolute atomic E-state index is 0.348. The number of nitrogens with one attached hydrogen (secondary N) is 2. The Morgan fingerprint density at radius 3 is 2.88 bits per heavy atom. The first-order valence-electron chi connectivity index (χ1n) is 7.81. The standard InChI is InChI=1S/C16H21N4O3Si/c1-10-19-12-7-13(21-3)14(6-11(12)15(17-2)20-10)22-9-16(24)8-18-4-5-23-16/h6-7,18H,4-5,8-9H2,1-3H3,(H,17,19,20)/t16-/m0/s1. The van der Waals surface area contributed by atoms with E-state index in [4.69, 9.17) is 14.2 Å². The molecule has 24 heavy (non-hydrogen) atoms. The number of anilines is 1. The van der Waals surface area contributed by atoms with Crippen molar-refractivity contribution in [3.05, 3.63) is 18.0 Å². The molecule has 3 radical (unpaired) electrons. The molecule has 1 saturated heterocycles. The summed E-state index contributed by atoms with van der Waals surface area (Å²) in [7, 11) is 7.11. The average molecular weight is 345 g/mol. The van der Waals surface area contributed by atoms with E-state index >= 15 is 0 Å². The third kappa shape index (κ3) is 3.45. The lowest BCUT2D eigenvalue weighted by molar-refractivity contribution is -0.0324. The monoisotopic (exact) mass is 345 g/mol. The molecule has 0 spiro atoms. The lowest BCUT2D eigenvalue weighted by Crippen LogP contribution is -2.53. The smallest absolute Gasteiger partial charge is 0.162 e. The van der Waals surface area contributed by atoms with Crippen LogP contribution in [0, 0.1) is 6.92 Å². The highest BCUT2D eigenvalue weighted by molar-refractivity contribution is 6.15. The molecule has 1 aliphatic rings. The summed E-state index contributed by atoms with van der Waals surface area (Å²) in [5.74, 6) is 2.71. The highest BCUT2D eigenvalue weighted by Gasteiger charge is 2.29. The summed E-state index contributed by atoms with van der Waals surface area (Å²) in [6.07, 6.45) is 0. The molecule has 0 unspecified atom stereocenters. The first-order chi connectivity index (χ1) is 11.5. The van der Waals surface area contributed by atoms with Gasteiger partial charge in [-0.05, 0) is 13.0 Å². The number of nitrogens with zero attached hydrogens (tertiary/aromatic N) is 2. The molecule has 0 bridgehead atoms. The molecule has 1 atom stereocenters. The van der Waals surface area contributed by atoms with Crippen LogP contribution in [0.5, 0.6) is 11.5 Å². The second kappa shape index (κ2) is 6.92. The zero-order chi connectivity index (χ0) is 17.2. The molecule has 1 aromatic heterocycles. The van der Waals surface area contributed by atoms with Crippen molar-refractivity contribution in [2.45, 2.75) is 12.1 Å². The average Bonchev–Trinajstić information content (AvgIpc) is 2.59. The Morgan fingerprint density at radius 1 is 1.38 bits per heavy atom. The normalized spacial score (nSPS) is 20.8. The lowest BCUT2D eigenvalue weighted by atomic mass is 10.2. The maximum atomic E-state index is 5.99. The highest BCUT2D eigenvalue weighted by atomic mass is 28.1. The van der Waals surface area contributed by atoms with Gasteiger partial charge in [0, 0.05) is 31.6 Å². The number of rotatable bonds is 5. The van der Waals surface area contributed by atoms with Gasteiger partial charge in [0.15, 0.2) is 11.5 Å². The van der Waals surface area contributed by atoms with E-state index in [-0.39, 0.29) is 0 Å². The predicted octanol–water partition coefficient (Wildman–Crippen LogP) is 0.852. The van der Waals surface area contributed by atoms with Gasteiger partial charge >= 0.3 is 0 Å². The fraction of sp³-hybridized carbons (Fsp3) is 0.500. The molecule has 7 nitrogen and oxygen atoms in total. The third-order valence-electron chi connectivity index (χ3n) is 3.86. The molecule has 1 aromatic carbocycles. The van der Waals surface area contributed by atoms with Gasteiger partial charge in [0.25, 0.3) is 0 Å². The number of hydrogen-bond acceptors (Lipinski definition) is 7. The third-order valence-corrected chi connectivity index (χ3v) is 4.32. The first-order valence-corrected chi connectivity index (χ1v) is 8.31. The van der Waals surface area contributed by atoms with Gasteiger partial charge in [-0.1, -0.05) is 0 Å². The Kier molecular flexibility index (Phi) is 4.88. The van der Waals surface area contributed by atoms with Crippen LogP contribution in [0.4, 0.5) is 5.82 Å². The van der Waals surface area contributed by atoms with Crippen molar-refractivity contribution >= 4 is 27.0 Å². The van der Waals surface area contributed by atoms with Crippen molar-refractivity contribution in [2.24, 2.45) is 0 Å². The minimum Gasteiger partial charge on any atom is -0.493 e. The molecule has 0 saturated carbocycles. The quantitative estimate of drug-likeness (QED) is 0.778. The van der Waals surface area contributed by atoms with Crippen LogP contribution in [0.2, 0.25) is 0 Å². The van der Waals surface area contributed by atoms with Crippen molar-refractivity contribution in [2.75, 3.05) is 45.8 Å². The Labute approximate surface area is 144 Å². The Hall–Kier alpha value is -1.90. The molecule has 0 aliphatic carbocycles. The number of fused-ring (bicyclic) bond motifs is 1. The topological polar surface area (TPSA) is 77.5 Å². The number of morpholine rings is 1. The molecule has 2 N–H and O–H groups in total. The Morgan fingerprint density at radius 2 is 2.21 bits per heavy atom. The lowest BCUT2D eigenvalue weighted by Gasteiger charge is -2.34. The summed E-state index contributed by atoms with van der Waals surface area (Å²) in [4.78, 5) is 8.88. The van der Waals surface area contributed by atoms with E-state index in [1.54, 1.807) is 7.11 Å². The largest absolute Gasteiger partial charge is 0.493 e. The molecule has 0 amide bonds. The number of methoxy groups -OCH3 is 1. The maximum absolute atomic E-state index is 5.99. The SMILES string of the molecule is CNc1nc(C)nc2cc(OC)c(OC[C@@]3([Si])CNCCO3)cc12. The van der Waals surface area contributed by atoms with Crippen molar-refractivity contribution < 1.29 is 14.2 Å². The fourth-order valence-corrected chi connectivity index (χ4v) is 2.96. The van der Waals surface area contributed by atoms with Gasteiger partial charge in [0.2, 0.25) is 0 Å². The van der Waals surface area contributed by atoms with Gasteiger partial charge in [0.1, 0.15) is 18.2 Å². The zero-order valence-corrected chi connectivity index (χ0v) is 15.1. The molecular weight excluding hydrogens is 324 g/mol. The highest BCUT2D eigenvalue weighted by Crippen LogP contribution is 2.34. The van der Waals surface area contributed by atoms with Crippen molar-refractivity contribution in [1.82, 2.24) is 15.3 Å². The number of aromatic nitrogens is 2. The van der Waals surface area contributed by atoms with Gasteiger partial charge in [-0.15, -0.1) is 0 Å². The van der Waals surface area contributed by atoms with Crippen molar-refractivity contribution in [1.29, 1.82) is 0 Å². The summed E-state index contributed by atoms with van der Waals surface area (Å²) in [6.45, 7) is 4.36. The first kappa shape index (κ1) is 16.9. The predicted molar refractivity (Wildman–Crippen MR) is 93.2 cm³/mol. The van der Waals surface area contributed by atoms with E-state index in [9.17, 15) is 0 Å². The van der Waals surface area contributed by atoms with Crippen LogP contribution in [-0.2, 0) is 4.74 Å². The van der Waals surface area contributed by atoms with Crippen LogP contribution in [0.1, 0.15) is 5.82 Å². The number of aryl methyl sites for hydroxylation is 1. The molecular formula is C16H21N4O3Si. The van der Waals surface area contributed by atoms with Crippen molar-refractivity contribution in [3.8, 4) is 11.5 Å². The van der Waals surface area contributed by atoms with Gasteiger partial charge < -0.3 is 24.8 Å². The van der Waals surface area contributed by atoms with Gasteiger partial charge in [-0.25, -0.2) is 9.97 Å². The maximum Gasteiger partial charge on any atom is 0.162 e. The van der Waals surface area contributed by atoms with Crippen LogP contribution in [0.15, 0.2) is 12.1 Å². The Bertz CT molecular complexity index is 735. The summed E-state index contributed by atoms with van der Waals surface area (Å²) in [6, 6.07) is 3.76. The summed E-state index contributed by atoms with van der Waals surface area (Å²) >= 11 is 0. The zero-order valence-electron chi connectivity index (χ0n) is 14.1. The van der Waals surface area contributed by atoms with Gasteiger partial charge in [-0.2, -0.15) is 0 Å². The van der Waals surface area contributed by atoms with E-state index in [0.29, 0.717) is 37.1 Å². The molecule has 1 aliphatic heterocycles. The van der Waals surface area contributed by atoms with Crippen LogP contribution >= 0.6 is 0 Å². The van der Waals surface area contributed by atoms with E-state index in [1.807, 2.05) is 26.1 Å². The second-order valence-corrected chi connectivity index (χ2v) is 6.61. The second-order valence-electron chi connectivity index (χ2n) is 5.70. The Balaban J connectivity index is 1.92. The summed E-state index contributed by atoms with van der Waals surface area (Å²) in [5.41, 5.74) is 0.805. The number of hydrogen-bond donors (Lipinski definition) is 2. The van der Waals surface area contributed by atoms with E-state index in [0.717, 1.165) is 23.3 Å². The van der Waals surface area contributed by atoms with Gasteiger partial charge in [-0.3, -0.25) is 0 Å². The van der Waals surface area contributed by atoms with Crippen LogP contribution in [0.3, 0.4) is 0 Å². The summed E-state index contributed by atoms with van der Waals surface area (Å²) < 4.78 is 17.2.